The van der Waals surface area contributed by atoms with Crippen LogP contribution in [0.15, 0.2) is 0 Å². The largest absolute Gasteiger partial charge is 0.377 e. The molecule has 1 saturated heterocycles. The molecule has 1 aliphatic rings. The van der Waals surface area contributed by atoms with Crippen LogP contribution in [-0.4, -0.2) is 36.7 Å². The second-order valence-corrected chi connectivity index (χ2v) is 4.18. The maximum absolute atomic E-state index is 9.01. The highest BCUT2D eigenvalue weighted by Gasteiger charge is 2.24. The molecule has 86 valence electrons. The maximum Gasteiger partial charge on any atom is 0.0976 e. The molecule has 0 radical (unpaired) electrons. The zero-order valence-corrected chi connectivity index (χ0v) is 9.91. The highest BCUT2D eigenvalue weighted by Crippen LogP contribution is 2.16. The van der Waals surface area contributed by atoms with Crippen molar-refractivity contribution in [3.63, 3.8) is 0 Å². The summed E-state index contributed by atoms with van der Waals surface area (Å²) in [6.07, 6.45) is 4.65. The van der Waals surface area contributed by atoms with Crippen LogP contribution in [0.25, 0.3) is 0 Å². The zero-order valence-electron chi connectivity index (χ0n) is 9.91. The molecular formula is C12H22N2O. The van der Waals surface area contributed by atoms with Gasteiger partial charge in [-0.3, -0.25) is 4.90 Å². The number of nitriles is 1. The van der Waals surface area contributed by atoms with E-state index < -0.39 is 0 Å². The summed E-state index contributed by atoms with van der Waals surface area (Å²) in [5, 5.41) is 9.01. The molecular weight excluding hydrogens is 188 g/mol. The summed E-state index contributed by atoms with van der Waals surface area (Å²) in [4.78, 5) is 2.27. The molecule has 0 amide bonds. The summed E-state index contributed by atoms with van der Waals surface area (Å²) in [5.74, 6) is 0. The molecule has 0 aliphatic carbocycles. The highest BCUT2D eigenvalue weighted by atomic mass is 16.5. The monoisotopic (exact) mass is 210 g/mol. The average molecular weight is 210 g/mol. The Labute approximate surface area is 93.0 Å². The van der Waals surface area contributed by atoms with Crippen LogP contribution in [0.3, 0.4) is 0 Å². The van der Waals surface area contributed by atoms with Gasteiger partial charge in [-0.1, -0.05) is 13.8 Å². The minimum Gasteiger partial charge on any atom is -0.377 e. The highest BCUT2D eigenvalue weighted by molar-refractivity contribution is 4.93. The fourth-order valence-electron chi connectivity index (χ4n) is 2.10. The SMILES string of the molecule is CCCOC1CCCN(C(C#N)CC)C1. The lowest BCUT2D eigenvalue weighted by Gasteiger charge is -2.34. The van der Waals surface area contributed by atoms with Crippen molar-refractivity contribution in [3.05, 3.63) is 0 Å². The van der Waals surface area contributed by atoms with Crippen LogP contribution in [0.2, 0.25) is 0 Å². The van der Waals surface area contributed by atoms with E-state index in [1.165, 1.54) is 0 Å². The lowest BCUT2D eigenvalue weighted by Crippen LogP contribution is -2.44. The molecule has 0 saturated carbocycles. The van der Waals surface area contributed by atoms with Crippen LogP contribution in [0.5, 0.6) is 0 Å². The number of hydrogen-bond acceptors (Lipinski definition) is 3. The summed E-state index contributed by atoms with van der Waals surface area (Å²) in [5.41, 5.74) is 0. The average Bonchev–Trinajstić information content (AvgIpc) is 2.29. The number of ether oxygens (including phenoxy) is 1. The molecule has 3 nitrogen and oxygen atoms in total. The predicted octanol–water partition coefficient (Wildman–Crippen LogP) is 2.18. The third kappa shape index (κ3) is 3.81. The number of nitrogens with zero attached hydrogens (tertiary/aromatic N) is 2. The van der Waals surface area contributed by atoms with E-state index in [1.807, 2.05) is 0 Å². The summed E-state index contributed by atoms with van der Waals surface area (Å²) < 4.78 is 5.75. The molecule has 0 spiro atoms. The van der Waals surface area contributed by atoms with Crippen molar-refractivity contribution in [2.45, 2.75) is 51.7 Å². The first-order valence-corrected chi connectivity index (χ1v) is 6.07. The van der Waals surface area contributed by atoms with Crippen LogP contribution in [-0.2, 0) is 4.74 Å². The number of likely N-dealkylation sites (tertiary alicyclic amines) is 1. The van der Waals surface area contributed by atoms with E-state index in [1.54, 1.807) is 0 Å². The first-order valence-electron chi connectivity index (χ1n) is 6.07. The Hall–Kier alpha value is -0.590. The predicted molar refractivity (Wildman–Crippen MR) is 60.5 cm³/mol. The molecule has 1 fully saturated rings. The van der Waals surface area contributed by atoms with E-state index >= 15 is 0 Å². The molecule has 1 aliphatic heterocycles. The first kappa shape index (κ1) is 12.5. The van der Waals surface area contributed by atoms with Gasteiger partial charge in [0.15, 0.2) is 0 Å². The molecule has 0 N–H and O–H groups in total. The third-order valence-electron chi connectivity index (χ3n) is 2.94. The quantitative estimate of drug-likeness (QED) is 0.698. The van der Waals surface area contributed by atoms with Crippen LogP contribution in [0.1, 0.15) is 39.5 Å². The summed E-state index contributed by atoms with van der Waals surface area (Å²) in [6.45, 7) is 7.04. The molecule has 0 bridgehead atoms. The Balaban J connectivity index is 2.38. The van der Waals surface area contributed by atoms with Gasteiger partial charge in [0.05, 0.1) is 18.2 Å². The Morgan fingerprint density at radius 3 is 2.93 bits per heavy atom. The second-order valence-electron chi connectivity index (χ2n) is 4.18. The van der Waals surface area contributed by atoms with Crippen molar-refractivity contribution in [1.82, 2.24) is 4.90 Å². The summed E-state index contributed by atoms with van der Waals surface area (Å²) in [7, 11) is 0. The van der Waals surface area contributed by atoms with Gasteiger partial charge in [-0.25, -0.2) is 0 Å². The molecule has 0 aromatic carbocycles. The van der Waals surface area contributed by atoms with Crippen LogP contribution in [0.4, 0.5) is 0 Å². The fourth-order valence-corrected chi connectivity index (χ4v) is 2.10. The zero-order chi connectivity index (χ0) is 11.1. The Kier molecular flexibility index (Phi) is 5.67. The van der Waals surface area contributed by atoms with Gasteiger partial charge in [0.25, 0.3) is 0 Å². The first-order chi connectivity index (χ1) is 7.31. The third-order valence-corrected chi connectivity index (χ3v) is 2.94. The van der Waals surface area contributed by atoms with E-state index in [4.69, 9.17) is 10.00 Å². The lowest BCUT2D eigenvalue weighted by molar-refractivity contribution is -0.00666. The van der Waals surface area contributed by atoms with Crippen molar-refractivity contribution < 1.29 is 4.74 Å². The minimum atomic E-state index is 0.0815. The molecule has 1 rings (SSSR count). The van der Waals surface area contributed by atoms with Gasteiger partial charge >= 0.3 is 0 Å². The van der Waals surface area contributed by atoms with E-state index in [0.29, 0.717) is 6.10 Å². The van der Waals surface area contributed by atoms with Gasteiger partial charge in [0.2, 0.25) is 0 Å². The fraction of sp³-hybridized carbons (Fsp3) is 0.917. The second kappa shape index (κ2) is 6.81. The number of hydrogen-bond donors (Lipinski definition) is 0. The van der Waals surface area contributed by atoms with Crippen LogP contribution in [0, 0.1) is 11.3 Å². The Bertz CT molecular complexity index is 212. The van der Waals surface area contributed by atoms with E-state index in [-0.39, 0.29) is 6.04 Å². The van der Waals surface area contributed by atoms with Crippen molar-refractivity contribution >= 4 is 0 Å². The molecule has 15 heavy (non-hydrogen) atoms. The standard InChI is InChI=1S/C12H22N2O/c1-3-8-15-12-6-5-7-14(10-12)11(4-2)9-13/h11-12H,3-8,10H2,1-2H3. The maximum atomic E-state index is 9.01. The van der Waals surface area contributed by atoms with E-state index in [0.717, 1.165) is 45.4 Å². The van der Waals surface area contributed by atoms with Gasteiger partial charge in [0.1, 0.15) is 0 Å². The van der Waals surface area contributed by atoms with Gasteiger partial charge < -0.3 is 4.74 Å². The Morgan fingerprint density at radius 1 is 1.53 bits per heavy atom. The van der Waals surface area contributed by atoms with Gasteiger partial charge in [-0.05, 0) is 32.2 Å². The molecule has 0 aromatic rings. The summed E-state index contributed by atoms with van der Waals surface area (Å²) >= 11 is 0. The normalized spacial score (nSPS) is 24.7. The van der Waals surface area contributed by atoms with Crippen LogP contribution < -0.4 is 0 Å². The molecule has 0 aromatic heterocycles. The van der Waals surface area contributed by atoms with Crippen molar-refractivity contribution in [3.8, 4) is 6.07 Å². The smallest absolute Gasteiger partial charge is 0.0976 e. The minimum absolute atomic E-state index is 0.0815. The van der Waals surface area contributed by atoms with Crippen molar-refractivity contribution in [2.75, 3.05) is 19.7 Å². The van der Waals surface area contributed by atoms with Gasteiger partial charge in [-0.2, -0.15) is 5.26 Å². The summed E-state index contributed by atoms with van der Waals surface area (Å²) in [6, 6.07) is 2.45. The van der Waals surface area contributed by atoms with Crippen molar-refractivity contribution in [1.29, 1.82) is 5.26 Å². The molecule has 3 heteroatoms. The van der Waals surface area contributed by atoms with Crippen LogP contribution >= 0.6 is 0 Å². The van der Waals surface area contributed by atoms with Gasteiger partial charge in [-0.15, -0.1) is 0 Å². The lowest BCUT2D eigenvalue weighted by atomic mass is 10.1. The number of piperidine rings is 1. The molecule has 2 unspecified atom stereocenters. The topological polar surface area (TPSA) is 36.3 Å². The molecule has 1 heterocycles. The van der Waals surface area contributed by atoms with E-state index in [2.05, 4.69) is 24.8 Å². The number of rotatable bonds is 5. The van der Waals surface area contributed by atoms with E-state index in [9.17, 15) is 0 Å². The van der Waals surface area contributed by atoms with Gasteiger partial charge in [0, 0.05) is 13.2 Å². The molecule has 2 atom stereocenters. The van der Waals surface area contributed by atoms with Crippen molar-refractivity contribution in [2.24, 2.45) is 0 Å². The Morgan fingerprint density at radius 2 is 2.33 bits per heavy atom.